The van der Waals surface area contributed by atoms with E-state index in [-0.39, 0.29) is 17.4 Å². The summed E-state index contributed by atoms with van der Waals surface area (Å²) in [7, 11) is 0. The predicted molar refractivity (Wildman–Crippen MR) is 65.3 cm³/mol. The van der Waals surface area contributed by atoms with Crippen molar-refractivity contribution in [3.8, 4) is 0 Å². The molecule has 0 aromatic carbocycles. The highest BCUT2D eigenvalue weighted by atomic mass is 16.2. The minimum absolute atomic E-state index is 0.0108. The predicted octanol–water partition coefficient (Wildman–Crippen LogP) is 1.21. The molecule has 0 saturated heterocycles. The van der Waals surface area contributed by atoms with Crippen molar-refractivity contribution in [2.24, 2.45) is 11.8 Å². The Kier molecular flexibility index (Phi) is 3.40. The van der Waals surface area contributed by atoms with Gasteiger partial charge in [-0.25, -0.2) is 0 Å². The van der Waals surface area contributed by atoms with Crippen molar-refractivity contribution in [2.75, 3.05) is 6.54 Å². The summed E-state index contributed by atoms with van der Waals surface area (Å²) in [6.45, 7) is 3.67. The van der Waals surface area contributed by atoms with Gasteiger partial charge in [0.2, 0.25) is 11.8 Å². The molecule has 2 aliphatic rings. The van der Waals surface area contributed by atoms with Gasteiger partial charge in [0.1, 0.15) is 0 Å². The average Bonchev–Trinajstić information content (AvgIpc) is 2.55. The molecule has 2 fully saturated rings. The van der Waals surface area contributed by atoms with Crippen LogP contribution in [0.4, 0.5) is 0 Å². The van der Waals surface area contributed by atoms with Crippen molar-refractivity contribution in [1.82, 2.24) is 10.6 Å². The molecule has 2 unspecified atom stereocenters. The molecule has 2 saturated carbocycles. The minimum Gasteiger partial charge on any atom is -0.354 e. The van der Waals surface area contributed by atoms with Crippen LogP contribution >= 0.6 is 0 Å². The smallest absolute Gasteiger partial charge is 0.217 e. The SMILES string of the molecule is CC(=O)NCC1(NC(C)=O)CC2CCC(C2)C1. The molecule has 17 heavy (non-hydrogen) atoms. The van der Waals surface area contributed by atoms with Gasteiger partial charge in [-0.1, -0.05) is 12.8 Å². The Bertz CT molecular complexity index is 315. The third kappa shape index (κ3) is 2.99. The van der Waals surface area contributed by atoms with Gasteiger partial charge in [0.15, 0.2) is 0 Å². The lowest BCUT2D eigenvalue weighted by Gasteiger charge is -2.41. The summed E-state index contributed by atoms with van der Waals surface area (Å²) >= 11 is 0. The lowest BCUT2D eigenvalue weighted by molar-refractivity contribution is -0.123. The summed E-state index contributed by atoms with van der Waals surface area (Å²) < 4.78 is 0. The summed E-state index contributed by atoms with van der Waals surface area (Å²) in [4.78, 5) is 22.4. The molecular weight excluding hydrogens is 216 g/mol. The Hall–Kier alpha value is -1.06. The van der Waals surface area contributed by atoms with E-state index in [2.05, 4.69) is 10.6 Å². The van der Waals surface area contributed by atoms with E-state index in [1.165, 1.54) is 26.2 Å². The first kappa shape index (κ1) is 12.4. The summed E-state index contributed by atoms with van der Waals surface area (Å²) in [5, 5.41) is 5.97. The highest BCUT2D eigenvalue weighted by Gasteiger charge is 2.44. The Morgan fingerprint density at radius 3 is 2.18 bits per heavy atom. The third-order valence-corrected chi connectivity index (χ3v) is 4.13. The van der Waals surface area contributed by atoms with Gasteiger partial charge >= 0.3 is 0 Å². The molecule has 0 spiro atoms. The summed E-state index contributed by atoms with van der Waals surface area (Å²) in [5.74, 6) is 1.45. The zero-order valence-corrected chi connectivity index (χ0v) is 10.7. The second-order valence-corrected chi connectivity index (χ2v) is 5.82. The van der Waals surface area contributed by atoms with Crippen LogP contribution in [-0.2, 0) is 9.59 Å². The van der Waals surface area contributed by atoms with E-state index >= 15 is 0 Å². The molecule has 0 radical (unpaired) electrons. The van der Waals surface area contributed by atoms with Crippen LogP contribution in [0.25, 0.3) is 0 Å². The highest BCUT2D eigenvalue weighted by molar-refractivity contribution is 5.75. The molecule has 0 aromatic heterocycles. The molecule has 2 aliphatic carbocycles. The normalized spacial score (nSPS) is 35.4. The van der Waals surface area contributed by atoms with Gasteiger partial charge in [0.25, 0.3) is 0 Å². The summed E-state index contributed by atoms with van der Waals surface area (Å²) in [6.07, 6.45) is 5.91. The summed E-state index contributed by atoms with van der Waals surface area (Å²) in [6, 6.07) is 0. The number of hydrogen-bond acceptors (Lipinski definition) is 2. The molecule has 4 heteroatoms. The zero-order valence-electron chi connectivity index (χ0n) is 10.7. The molecule has 0 heterocycles. The number of fused-ring (bicyclic) bond motifs is 2. The molecule has 2 amide bonds. The fourth-order valence-electron chi connectivity index (χ4n) is 3.70. The van der Waals surface area contributed by atoms with E-state index in [9.17, 15) is 9.59 Å². The maximum absolute atomic E-state index is 11.4. The third-order valence-electron chi connectivity index (χ3n) is 4.13. The molecule has 2 rings (SSSR count). The number of carbonyl (C=O) groups excluding carboxylic acids is 2. The Labute approximate surface area is 103 Å². The van der Waals surface area contributed by atoms with Crippen LogP contribution in [0.1, 0.15) is 46.0 Å². The first-order valence-corrected chi connectivity index (χ1v) is 6.52. The zero-order chi connectivity index (χ0) is 12.5. The van der Waals surface area contributed by atoms with Crippen LogP contribution in [0.5, 0.6) is 0 Å². The second kappa shape index (κ2) is 4.67. The Morgan fingerprint density at radius 2 is 1.71 bits per heavy atom. The van der Waals surface area contributed by atoms with E-state index in [4.69, 9.17) is 0 Å². The Morgan fingerprint density at radius 1 is 1.12 bits per heavy atom. The van der Waals surface area contributed by atoms with Crippen LogP contribution < -0.4 is 10.6 Å². The maximum Gasteiger partial charge on any atom is 0.217 e. The fourth-order valence-corrected chi connectivity index (χ4v) is 3.70. The maximum atomic E-state index is 11.4. The van der Waals surface area contributed by atoms with Crippen molar-refractivity contribution in [1.29, 1.82) is 0 Å². The van der Waals surface area contributed by atoms with Gasteiger partial charge in [0.05, 0.1) is 5.54 Å². The van der Waals surface area contributed by atoms with E-state index < -0.39 is 0 Å². The molecule has 0 aromatic rings. The van der Waals surface area contributed by atoms with Crippen LogP contribution in [0.15, 0.2) is 0 Å². The van der Waals surface area contributed by atoms with Crippen LogP contribution in [-0.4, -0.2) is 23.9 Å². The van der Waals surface area contributed by atoms with E-state index in [1.807, 2.05) is 0 Å². The molecule has 2 N–H and O–H groups in total. The Balaban J connectivity index is 2.06. The quantitative estimate of drug-likeness (QED) is 0.776. The molecular formula is C13H22N2O2. The van der Waals surface area contributed by atoms with Gasteiger partial charge in [0, 0.05) is 20.4 Å². The molecule has 2 atom stereocenters. The van der Waals surface area contributed by atoms with Gasteiger partial charge in [-0.2, -0.15) is 0 Å². The van der Waals surface area contributed by atoms with E-state index in [1.54, 1.807) is 6.92 Å². The van der Waals surface area contributed by atoms with Crippen LogP contribution in [0.3, 0.4) is 0 Å². The largest absolute Gasteiger partial charge is 0.354 e. The van der Waals surface area contributed by atoms with Crippen molar-refractivity contribution < 1.29 is 9.59 Å². The number of amides is 2. The van der Waals surface area contributed by atoms with Crippen molar-refractivity contribution in [3.63, 3.8) is 0 Å². The van der Waals surface area contributed by atoms with Gasteiger partial charge in [-0.05, 0) is 31.1 Å². The molecule has 2 bridgehead atoms. The van der Waals surface area contributed by atoms with Gasteiger partial charge < -0.3 is 10.6 Å². The molecule has 4 nitrogen and oxygen atoms in total. The average molecular weight is 238 g/mol. The number of nitrogens with one attached hydrogen (secondary N) is 2. The second-order valence-electron chi connectivity index (χ2n) is 5.82. The summed E-state index contributed by atoms with van der Waals surface area (Å²) in [5.41, 5.74) is -0.193. The molecule has 96 valence electrons. The van der Waals surface area contributed by atoms with Crippen molar-refractivity contribution in [3.05, 3.63) is 0 Å². The van der Waals surface area contributed by atoms with Crippen molar-refractivity contribution >= 4 is 11.8 Å². The number of hydrogen-bond donors (Lipinski definition) is 2. The number of rotatable bonds is 3. The van der Waals surface area contributed by atoms with Gasteiger partial charge in [-0.15, -0.1) is 0 Å². The standard InChI is InChI=1S/C13H22N2O2/c1-9(16)14-8-13(15-10(2)17)6-11-3-4-12(5-11)7-13/h11-12H,3-8H2,1-2H3,(H,14,16)(H,15,17). The first-order chi connectivity index (χ1) is 7.99. The monoisotopic (exact) mass is 238 g/mol. The lowest BCUT2D eigenvalue weighted by Crippen LogP contribution is -2.57. The fraction of sp³-hybridized carbons (Fsp3) is 0.846. The van der Waals surface area contributed by atoms with Gasteiger partial charge in [-0.3, -0.25) is 9.59 Å². The van der Waals surface area contributed by atoms with Crippen LogP contribution in [0, 0.1) is 11.8 Å². The minimum atomic E-state index is -0.193. The van der Waals surface area contributed by atoms with Crippen molar-refractivity contribution in [2.45, 2.75) is 51.5 Å². The van der Waals surface area contributed by atoms with E-state index in [0.717, 1.165) is 24.7 Å². The van der Waals surface area contributed by atoms with E-state index in [0.29, 0.717) is 6.54 Å². The molecule has 0 aliphatic heterocycles. The lowest BCUT2D eigenvalue weighted by atomic mass is 9.75. The topological polar surface area (TPSA) is 58.2 Å². The first-order valence-electron chi connectivity index (χ1n) is 6.52. The highest BCUT2D eigenvalue weighted by Crippen LogP contribution is 2.46. The van der Waals surface area contributed by atoms with Crippen LogP contribution in [0.2, 0.25) is 0 Å². The number of carbonyl (C=O) groups is 2.